The number of nitrogens with one attached hydrogen (secondary N) is 3. The molecule has 2 aliphatic rings. The molecule has 0 aromatic heterocycles. The molecule has 2 fully saturated rings. The van der Waals surface area contributed by atoms with Crippen molar-refractivity contribution in [2.45, 2.75) is 64.2 Å². The highest BCUT2D eigenvalue weighted by Crippen LogP contribution is 2.20. The molecule has 0 aliphatic carbocycles. The van der Waals surface area contributed by atoms with Crippen molar-refractivity contribution in [3.63, 3.8) is 0 Å². The number of benzene rings is 1. The monoisotopic (exact) mass is 529 g/mol. The van der Waals surface area contributed by atoms with Gasteiger partial charge < -0.3 is 30.5 Å². The lowest BCUT2D eigenvalue weighted by Gasteiger charge is -2.30. The number of fused-ring (bicyclic) bond motifs is 1. The standard InChI is InChI=1S/C27H39N5O6/c1-17(2)24-26(36)29-20(13-19-9-6-5-7-10-19)14-31(23(34)16-38-4)15-22(33)28-18(3)27(37)32-12-8-11-21(32)25(35)30-24/h5-7,9-10,17-18,20-21,24H,8,11-16H2,1-4H3,(H,28,33)(H,29,36)(H,30,35)/t18-,20-,21+,24-/m0/s1. The van der Waals surface area contributed by atoms with Gasteiger partial charge in [-0.1, -0.05) is 44.2 Å². The normalized spacial score (nSPS) is 25.7. The quantitative estimate of drug-likeness (QED) is 0.485. The summed E-state index contributed by atoms with van der Waals surface area (Å²) >= 11 is 0. The zero-order valence-electron chi connectivity index (χ0n) is 22.6. The Morgan fingerprint density at radius 3 is 2.42 bits per heavy atom. The van der Waals surface area contributed by atoms with E-state index in [0.29, 0.717) is 25.8 Å². The lowest BCUT2D eigenvalue weighted by molar-refractivity contribution is -0.142. The van der Waals surface area contributed by atoms with Crippen molar-refractivity contribution >= 4 is 29.5 Å². The second-order valence-electron chi connectivity index (χ2n) is 10.3. The molecule has 2 heterocycles. The number of carbonyl (C=O) groups excluding carboxylic acids is 5. The SMILES string of the molecule is COCC(=O)N1CC(=O)N[C@@H](C)C(=O)N2CCC[C@@H]2C(=O)N[C@@H](C(C)C)C(=O)N[C@@H](Cc2ccccc2)C1. The summed E-state index contributed by atoms with van der Waals surface area (Å²) in [5, 5.41) is 8.53. The molecule has 0 spiro atoms. The third-order valence-corrected chi connectivity index (χ3v) is 6.90. The van der Waals surface area contributed by atoms with Crippen molar-refractivity contribution in [1.82, 2.24) is 25.8 Å². The maximum absolute atomic E-state index is 13.5. The van der Waals surface area contributed by atoms with Gasteiger partial charge in [-0.15, -0.1) is 0 Å². The van der Waals surface area contributed by atoms with Crippen LogP contribution in [0.2, 0.25) is 0 Å². The fourth-order valence-corrected chi connectivity index (χ4v) is 4.94. The fraction of sp³-hybridized carbons (Fsp3) is 0.593. The fourth-order valence-electron chi connectivity index (χ4n) is 4.94. The maximum atomic E-state index is 13.5. The molecule has 5 amide bonds. The van der Waals surface area contributed by atoms with Gasteiger partial charge >= 0.3 is 0 Å². The average molecular weight is 530 g/mol. The smallest absolute Gasteiger partial charge is 0.249 e. The van der Waals surface area contributed by atoms with E-state index in [9.17, 15) is 24.0 Å². The van der Waals surface area contributed by atoms with E-state index in [1.54, 1.807) is 6.92 Å². The van der Waals surface area contributed by atoms with Crippen LogP contribution in [0.5, 0.6) is 0 Å². The molecule has 1 aromatic rings. The Bertz CT molecular complexity index is 1020. The second-order valence-corrected chi connectivity index (χ2v) is 10.3. The highest BCUT2D eigenvalue weighted by Gasteiger charge is 2.39. The van der Waals surface area contributed by atoms with Gasteiger partial charge in [-0.05, 0) is 37.7 Å². The Morgan fingerprint density at radius 2 is 1.76 bits per heavy atom. The summed E-state index contributed by atoms with van der Waals surface area (Å²) in [7, 11) is 1.39. The van der Waals surface area contributed by atoms with Gasteiger partial charge in [0, 0.05) is 20.2 Å². The number of carbonyl (C=O) groups is 5. The van der Waals surface area contributed by atoms with Crippen LogP contribution in [-0.4, -0.2) is 96.9 Å². The molecule has 0 bridgehead atoms. The molecule has 1 aromatic carbocycles. The first-order chi connectivity index (χ1) is 18.1. The highest BCUT2D eigenvalue weighted by atomic mass is 16.5. The van der Waals surface area contributed by atoms with Gasteiger partial charge in [0.15, 0.2) is 0 Å². The van der Waals surface area contributed by atoms with Crippen LogP contribution in [0.25, 0.3) is 0 Å². The predicted octanol–water partition coefficient (Wildman–Crippen LogP) is -0.161. The van der Waals surface area contributed by atoms with Crippen LogP contribution in [0.4, 0.5) is 0 Å². The van der Waals surface area contributed by atoms with Gasteiger partial charge in [-0.25, -0.2) is 0 Å². The lowest BCUT2D eigenvalue weighted by atomic mass is 10.0. The van der Waals surface area contributed by atoms with E-state index >= 15 is 0 Å². The van der Waals surface area contributed by atoms with Crippen LogP contribution >= 0.6 is 0 Å². The first-order valence-corrected chi connectivity index (χ1v) is 13.1. The topological polar surface area (TPSA) is 137 Å². The number of hydrogen-bond acceptors (Lipinski definition) is 6. The molecule has 3 rings (SSSR count). The third kappa shape index (κ3) is 7.53. The number of ether oxygens (including phenoxy) is 1. The molecule has 208 valence electrons. The molecule has 2 aliphatic heterocycles. The van der Waals surface area contributed by atoms with Crippen molar-refractivity contribution in [2.24, 2.45) is 5.92 Å². The summed E-state index contributed by atoms with van der Waals surface area (Å²) in [6.07, 6.45) is 1.51. The molecule has 11 heteroatoms. The molecule has 38 heavy (non-hydrogen) atoms. The van der Waals surface area contributed by atoms with E-state index in [0.717, 1.165) is 5.56 Å². The van der Waals surface area contributed by atoms with Crippen molar-refractivity contribution in [3.05, 3.63) is 35.9 Å². The number of hydrogen-bond donors (Lipinski definition) is 3. The summed E-state index contributed by atoms with van der Waals surface area (Å²) in [6.45, 7) is 5.10. The molecule has 0 radical (unpaired) electrons. The van der Waals surface area contributed by atoms with Crippen LogP contribution in [0.1, 0.15) is 39.2 Å². The maximum Gasteiger partial charge on any atom is 0.249 e. The van der Waals surface area contributed by atoms with E-state index < -0.39 is 47.8 Å². The average Bonchev–Trinajstić information content (AvgIpc) is 3.36. The van der Waals surface area contributed by atoms with Gasteiger partial charge in [0.2, 0.25) is 29.5 Å². The van der Waals surface area contributed by atoms with Crippen molar-refractivity contribution in [2.75, 3.05) is 33.4 Å². The molecular formula is C27H39N5O6. The highest BCUT2D eigenvalue weighted by molar-refractivity contribution is 5.95. The summed E-state index contributed by atoms with van der Waals surface area (Å²) in [5.41, 5.74) is 0.935. The number of amides is 5. The Morgan fingerprint density at radius 1 is 1.05 bits per heavy atom. The Hall–Kier alpha value is -3.47. The number of nitrogens with zero attached hydrogens (tertiary/aromatic N) is 2. The van der Waals surface area contributed by atoms with Crippen molar-refractivity contribution < 1.29 is 28.7 Å². The first kappa shape index (κ1) is 29.1. The predicted molar refractivity (Wildman–Crippen MR) is 140 cm³/mol. The minimum Gasteiger partial charge on any atom is -0.375 e. The molecule has 11 nitrogen and oxygen atoms in total. The van der Waals surface area contributed by atoms with Crippen LogP contribution in [-0.2, 0) is 35.1 Å². The van der Waals surface area contributed by atoms with E-state index in [1.165, 1.54) is 16.9 Å². The van der Waals surface area contributed by atoms with E-state index in [2.05, 4.69) is 16.0 Å². The van der Waals surface area contributed by atoms with Gasteiger partial charge in [0.1, 0.15) is 24.7 Å². The lowest BCUT2D eigenvalue weighted by Crippen LogP contribution is -2.58. The molecule has 3 N–H and O–H groups in total. The summed E-state index contributed by atoms with van der Waals surface area (Å²) in [4.78, 5) is 68.5. The molecular weight excluding hydrogens is 490 g/mol. The van der Waals surface area contributed by atoms with Crippen LogP contribution in [0.15, 0.2) is 30.3 Å². The number of rotatable bonds is 5. The van der Waals surface area contributed by atoms with Gasteiger partial charge in [-0.3, -0.25) is 24.0 Å². The van der Waals surface area contributed by atoms with Gasteiger partial charge in [0.25, 0.3) is 0 Å². The van der Waals surface area contributed by atoms with Crippen LogP contribution < -0.4 is 16.0 Å². The summed E-state index contributed by atoms with van der Waals surface area (Å²) in [5.74, 6) is -2.34. The second kappa shape index (κ2) is 13.4. The zero-order valence-corrected chi connectivity index (χ0v) is 22.6. The van der Waals surface area contributed by atoms with Crippen molar-refractivity contribution in [3.8, 4) is 0 Å². The molecule has 2 saturated heterocycles. The summed E-state index contributed by atoms with van der Waals surface area (Å²) < 4.78 is 5.02. The Labute approximate surface area is 223 Å². The van der Waals surface area contributed by atoms with E-state index in [-0.39, 0.29) is 31.5 Å². The molecule has 4 atom stereocenters. The third-order valence-electron chi connectivity index (χ3n) is 6.90. The Kier molecular flexibility index (Phi) is 10.2. The van der Waals surface area contributed by atoms with Gasteiger partial charge in [0.05, 0.1) is 12.6 Å². The van der Waals surface area contributed by atoms with E-state index in [1.807, 2.05) is 44.2 Å². The molecule has 0 saturated carbocycles. The minimum atomic E-state index is -0.888. The molecule has 0 unspecified atom stereocenters. The first-order valence-electron chi connectivity index (χ1n) is 13.1. The van der Waals surface area contributed by atoms with Crippen LogP contribution in [0.3, 0.4) is 0 Å². The Balaban J connectivity index is 1.97. The van der Waals surface area contributed by atoms with E-state index in [4.69, 9.17) is 4.74 Å². The van der Waals surface area contributed by atoms with Gasteiger partial charge in [-0.2, -0.15) is 0 Å². The minimum absolute atomic E-state index is 0.0338. The van der Waals surface area contributed by atoms with Crippen molar-refractivity contribution in [1.29, 1.82) is 0 Å². The zero-order chi connectivity index (χ0) is 27.8. The largest absolute Gasteiger partial charge is 0.375 e. The van der Waals surface area contributed by atoms with Crippen LogP contribution in [0, 0.1) is 5.92 Å². The summed E-state index contributed by atoms with van der Waals surface area (Å²) in [6, 6.07) is 6.48. The number of methoxy groups -OCH3 is 1.